The van der Waals surface area contributed by atoms with Gasteiger partial charge in [-0.1, -0.05) is 20.8 Å². The lowest BCUT2D eigenvalue weighted by molar-refractivity contribution is 0.198. The third-order valence-corrected chi connectivity index (χ3v) is 4.44. The number of hydrogen-bond donors (Lipinski definition) is 0. The van der Waals surface area contributed by atoms with Gasteiger partial charge in [-0.3, -0.25) is 0 Å². The molecule has 1 aliphatic heterocycles. The van der Waals surface area contributed by atoms with E-state index in [0.29, 0.717) is 3.54 Å². The fourth-order valence-electron chi connectivity index (χ4n) is 0.510. The Hall–Kier alpha value is 1.02. The van der Waals surface area contributed by atoms with E-state index in [0.717, 1.165) is 13.2 Å². The summed E-state index contributed by atoms with van der Waals surface area (Å²) in [5.41, 5.74) is 0. The highest BCUT2D eigenvalue weighted by atomic mass is 35.5. The Balaban J connectivity index is 0.000000183. The van der Waals surface area contributed by atoms with Crippen LogP contribution in [0.25, 0.3) is 0 Å². The minimum absolute atomic E-state index is 0.275. The van der Waals surface area contributed by atoms with Gasteiger partial charge in [0.2, 0.25) is 0 Å². The third-order valence-electron chi connectivity index (χ3n) is 1.23. The minimum Gasteiger partial charge on any atom is -0.381 e. The van der Waals surface area contributed by atoms with Crippen molar-refractivity contribution in [3.05, 3.63) is 0 Å². The fourth-order valence-corrected chi connectivity index (χ4v) is 0.510. The number of rotatable bonds is 0. The molecule has 1 nitrogen and oxygen atoms in total. The molecule has 1 fully saturated rings. The summed E-state index contributed by atoms with van der Waals surface area (Å²) >= 11 is -0.275. The van der Waals surface area contributed by atoms with E-state index in [1.54, 1.807) is 0 Å². The van der Waals surface area contributed by atoms with Gasteiger partial charge in [-0.2, -0.15) is 0 Å². The molecule has 0 aromatic heterocycles. The molecule has 0 atom stereocenters. The summed E-state index contributed by atoms with van der Waals surface area (Å²) in [4.78, 5) is 0. The van der Waals surface area contributed by atoms with E-state index in [4.69, 9.17) is 13.8 Å². The molecular formula is C8H17ClMgO. The Morgan fingerprint density at radius 2 is 1.55 bits per heavy atom. The van der Waals surface area contributed by atoms with Gasteiger partial charge in [0.05, 0.1) is 0 Å². The molecule has 64 valence electrons. The summed E-state index contributed by atoms with van der Waals surface area (Å²) in [6.07, 6.45) is 2.56. The van der Waals surface area contributed by atoms with Crippen molar-refractivity contribution in [3.8, 4) is 0 Å². The van der Waals surface area contributed by atoms with Gasteiger partial charge in [0.1, 0.15) is 0 Å². The molecule has 0 bridgehead atoms. The Labute approximate surface area is 83.3 Å². The molecule has 0 aromatic rings. The average Bonchev–Trinajstić information content (AvgIpc) is 2.41. The van der Waals surface area contributed by atoms with E-state index >= 15 is 0 Å². The summed E-state index contributed by atoms with van der Waals surface area (Å²) in [5, 5.41) is 0. The summed E-state index contributed by atoms with van der Waals surface area (Å²) in [6.45, 7) is 8.52. The van der Waals surface area contributed by atoms with Crippen LogP contribution in [0.15, 0.2) is 0 Å². The first-order valence-electron chi connectivity index (χ1n) is 4.20. The van der Waals surface area contributed by atoms with E-state index < -0.39 is 0 Å². The molecule has 0 radical (unpaired) electrons. The van der Waals surface area contributed by atoms with Crippen LogP contribution in [0.4, 0.5) is 0 Å². The second kappa shape index (κ2) is 6.52. The van der Waals surface area contributed by atoms with Crippen molar-refractivity contribution in [2.75, 3.05) is 13.2 Å². The van der Waals surface area contributed by atoms with Gasteiger partial charge in [-0.15, -0.1) is 3.54 Å². The summed E-state index contributed by atoms with van der Waals surface area (Å²) in [7, 11) is 5.62. The Kier molecular flexibility index (Phi) is 7.13. The van der Waals surface area contributed by atoms with Crippen LogP contribution in [0.1, 0.15) is 33.6 Å². The van der Waals surface area contributed by atoms with Gasteiger partial charge in [-0.25, -0.2) is 0 Å². The van der Waals surface area contributed by atoms with E-state index in [9.17, 15) is 0 Å². The molecule has 0 aromatic carbocycles. The predicted molar refractivity (Wildman–Crippen MR) is 51.4 cm³/mol. The zero-order valence-electron chi connectivity index (χ0n) is 7.82. The van der Waals surface area contributed by atoms with Gasteiger partial charge < -0.3 is 13.8 Å². The first kappa shape index (κ1) is 12.0. The quantitative estimate of drug-likeness (QED) is 0.532. The Morgan fingerprint density at radius 3 is 1.64 bits per heavy atom. The maximum atomic E-state index is 5.62. The van der Waals surface area contributed by atoms with Crippen molar-refractivity contribution in [3.63, 3.8) is 0 Å². The summed E-state index contributed by atoms with van der Waals surface area (Å²) in [5.74, 6) is 0. The summed E-state index contributed by atoms with van der Waals surface area (Å²) < 4.78 is 5.39. The molecule has 11 heavy (non-hydrogen) atoms. The van der Waals surface area contributed by atoms with Crippen molar-refractivity contribution in [2.45, 2.75) is 37.2 Å². The predicted octanol–water partition coefficient (Wildman–Crippen LogP) is 2.86. The second-order valence-corrected chi connectivity index (χ2v) is 7.20. The third kappa shape index (κ3) is 11.0. The van der Waals surface area contributed by atoms with Crippen molar-refractivity contribution in [2.24, 2.45) is 0 Å². The van der Waals surface area contributed by atoms with Crippen LogP contribution in [0.2, 0.25) is 3.54 Å². The number of halogens is 1. The first-order valence-corrected chi connectivity index (χ1v) is 7.04. The van der Waals surface area contributed by atoms with Crippen LogP contribution >= 0.6 is 9.07 Å². The molecule has 0 N–H and O–H groups in total. The molecule has 1 rings (SSSR count). The normalized spacial score (nSPS) is 16.7. The maximum Gasteiger partial charge on any atom is 0.506 e. The monoisotopic (exact) mass is 188 g/mol. The fraction of sp³-hybridized carbons (Fsp3) is 1.00. The van der Waals surface area contributed by atoms with Crippen LogP contribution in [0.3, 0.4) is 0 Å². The van der Waals surface area contributed by atoms with Crippen molar-refractivity contribution >= 4 is 28.3 Å². The van der Waals surface area contributed by atoms with E-state index in [2.05, 4.69) is 20.8 Å². The van der Waals surface area contributed by atoms with Gasteiger partial charge in [-0.05, 0) is 12.8 Å². The lowest BCUT2D eigenvalue weighted by Gasteiger charge is -2.09. The highest BCUT2D eigenvalue weighted by molar-refractivity contribution is 6.95. The second-order valence-electron chi connectivity index (χ2n) is 4.01. The van der Waals surface area contributed by atoms with Crippen LogP contribution in [0.5, 0.6) is 0 Å². The Bertz CT molecular complexity index is 79.0. The van der Waals surface area contributed by atoms with E-state index in [1.807, 2.05) is 0 Å². The molecule has 0 saturated carbocycles. The van der Waals surface area contributed by atoms with Crippen LogP contribution < -0.4 is 0 Å². The average molecular weight is 189 g/mol. The first-order chi connectivity index (χ1) is 5.06. The molecule has 0 unspecified atom stereocenters. The van der Waals surface area contributed by atoms with Gasteiger partial charge in [0, 0.05) is 13.2 Å². The lowest BCUT2D eigenvalue weighted by atomic mass is 10.2. The number of ether oxygens (including phenoxy) is 1. The lowest BCUT2D eigenvalue weighted by Crippen LogP contribution is -1.99. The highest BCUT2D eigenvalue weighted by Crippen LogP contribution is 2.20. The van der Waals surface area contributed by atoms with Gasteiger partial charge in [0.15, 0.2) is 0 Å². The van der Waals surface area contributed by atoms with Crippen LogP contribution in [0, 0.1) is 0 Å². The molecule has 1 heterocycles. The zero-order valence-corrected chi connectivity index (χ0v) is 9.99. The van der Waals surface area contributed by atoms with Gasteiger partial charge in [0.25, 0.3) is 0 Å². The largest absolute Gasteiger partial charge is 0.506 e. The topological polar surface area (TPSA) is 9.23 Å². The smallest absolute Gasteiger partial charge is 0.381 e. The number of hydrogen-bond acceptors (Lipinski definition) is 1. The van der Waals surface area contributed by atoms with Crippen molar-refractivity contribution in [1.82, 2.24) is 0 Å². The standard InChI is InChI=1S/C4H8O.C4H9.ClH.Mg/c1-2-4-5-3-1;1-4(2)3;;/h1-4H2;1-3H3;1H;/q;;;+1/p-1. The zero-order chi connectivity index (χ0) is 8.74. The molecule has 0 spiro atoms. The van der Waals surface area contributed by atoms with E-state index in [-0.39, 0.29) is 19.3 Å². The molecule has 1 aliphatic rings. The molecular weight excluding hydrogens is 172 g/mol. The Morgan fingerprint density at radius 1 is 1.18 bits per heavy atom. The molecule has 3 heteroatoms. The molecule has 0 aliphatic carbocycles. The highest BCUT2D eigenvalue weighted by Gasteiger charge is 2.11. The molecule has 0 amide bonds. The molecule has 1 saturated heterocycles. The van der Waals surface area contributed by atoms with Crippen molar-refractivity contribution in [1.29, 1.82) is 0 Å². The van der Waals surface area contributed by atoms with E-state index in [1.165, 1.54) is 12.8 Å². The minimum atomic E-state index is -0.275. The van der Waals surface area contributed by atoms with Crippen molar-refractivity contribution < 1.29 is 4.74 Å². The van der Waals surface area contributed by atoms with Crippen LogP contribution in [-0.4, -0.2) is 32.5 Å². The SMILES string of the molecule is C1CCOC1.C[C](C)(C)[Mg][Cl]. The maximum absolute atomic E-state index is 5.62. The van der Waals surface area contributed by atoms with Crippen LogP contribution in [-0.2, 0) is 4.74 Å². The summed E-state index contributed by atoms with van der Waals surface area (Å²) in [6, 6.07) is 0. The van der Waals surface area contributed by atoms with Gasteiger partial charge >= 0.3 is 19.3 Å².